The van der Waals surface area contributed by atoms with Crippen molar-refractivity contribution in [2.45, 2.75) is 12.5 Å². The Hall–Kier alpha value is -6.26. The molecule has 16 heteroatoms. The number of rotatable bonds is 12. The van der Waals surface area contributed by atoms with Crippen LogP contribution in [0.1, 0.15) is 15.9 Å². The zero-order valence-corrected chi connectivity index (χ0v) is 27.7. The van der Waals surface area contributed by atoms with E-state index in [4.69, 9.17) is 9.47 Å². The summed E-state index contributed by atoms with van der Waals surface area (Å²) in [6.45, 7) is 0. The van der Waals surface area contributed by atoms with Gasteiger partial charge < -0.3 is 19.9 Å². The first-order valence-electron chi connectivity index (χ1n) is 15.1. The van der Waals surface area contributed by atoms with Gasteiger partial charge in [0, 0.05) is 24.2 Å². The molecule has 4 aromatic carbocycles. The molecule has 1 amide bonds. The fourth-order valence-corrected chi connectivity index (χ4v) is 6.31. The van der Waals surface area contributed by atoms with Crippen LogP contribution in [0.15, 0.2) is 97.8 Å². The van der Waals surface area contributed by atoms with Crippen LogP contribution < -0.4 is 19.1 Å². The van der Waals surface area contributed by atoms with E-state index in [9.17, 15) is 23.5 Å². The molecule has 0 aliphatic heterocycles. The maximum absolute atomic E-state index is 15.5. The number of pyridine rings is 1. The summed E-state index contributed by atoms with van der Waals surface area (Å²) in [5, 5.41) is 17.5. The molecule has 2 aromatic heterocycles. The number of carboxylic acid groups (broad SMARTS) is 1. The number of carbonyl (C=O) groups is 2. The van der Waals surface area contributed by atoms with Gasteiger partial charge >= 0.3 is 5.97 Å². The highest BCUT2D eigenvalue weighted by Crippen LogP contribution is 2.42. The molecule has 2 atom stereocenters. The van der Waals surface area contributed by atoms with Crippen LogP contribution in [0, 0.1) is 11.6 Å². The average molecular weight is 715 g/mol. The van der Waals surface area contributed by atoms with Crippen molar-refractivity contribution in [1.82, 2.24) is 25.1 Å². The summed E-state index contributed by atoms with van der Waals surface area (Å²) >= 11 is -2.78. The van der Waals surface area contributed by atoms with Crippen molar-refractivity contribution in [2.24, 2.45) is 0 Å². The molecular weight excluding hydrogens is 686 g/mol. The second kappa shape index (κ2) is 14.7. The number of nitrogens with zero attached hydrogens (tertiary/aromatic N) is 5. The molecule has 0 fully saturated rings. The predicted molar refractivity (Wildman–Crippen MR) is 184 cm³/mol. The Morgan fingerprint density at radius 3 is 2.22 bits per heavy atom. The van der Waals surface area contributed by atoms with E-state index >= 15 is 8.78 Å². The van der Waals surface area contributed by atoms with Crippen molar-refractivity contribution in [1.29, 1.82) is 0 Å². The molecule has 1 unspecified atom stereocenters. The second-order valence-corrected chi connectivity index (χ2v) is 11.8. The van der Waals surface area contributed by atoms with Gasteiger partial charge in [-0.2, -0.15) is 5.10 Å². The quantitative estimate of drug-likeness (QED) is 0.138. The molecule has 6 rings (SSSR count). The molecule has 2 heterocycles. The first-order chi connectivity index (χ1) is 24.6. The van der Waals surface area contributed by atoms with Gasteiger partial charge in [0.05, 0.1) is 36.8 Å². The third-order valence-electron chi connectivity index (χ3n) is 8.05. The van der Waals surface area contributed by atoms with Gasteiger partial charge in [-0.3, -0.25) is 14.3 Å². The SMILES string of the molecule is COc1cccc(OC)c1-c1ccc(C[C@@H](NC(=O)c2c(F)cc(N(c3ccc(-n4cncn4)cc3)S(=O)O)cc2F)C(=O)O)c2ccncc12. The number of aromatic nitrogens is 4. The number of methoxy groups -OCH3 is 2. The normalized spacial score (nSPS) is 12.3. The summed E-state index contributed by atoms with van der Waals surface area (Å²) in [5.74, 6) is -4.48. The van der Waals surface area contributed by atoms with Crippen LogP contribution in [-0.2, 0) is 22.5 Å². The number of ether oxygens (including phenoxy) is 2. The van der Waals surface area contributed by atoms with E-state index in [-0.39, 0.29) is 17.8 Å². The number of amides is 1. The maximum atomic E-state index is 15.5. The molecule has 6 aromatic rings. The first kappa shape index (κ1) is 34.6. The lowest BCUT2D eigenvalue weighted by molar-refractivity contribution is -0.139. The molecule has 0 saturated heterocycles. The lowest BCUT2D eigenvalue weighted by Gasteiger charge is -2.22. The minimum atomic E-state index is -2.78. The van der Waals surface area contributed by atoms with Crippen LogP contribution in [-0.4, -0.2) is 65.8 Å². The van der Waals surface area contributed by atoms with Crippen LogP contribution in [0.5, 0.6) is 11.5 Å². The number of halogens is 2. The smallest absolute Gasteiger partial charge is 0.326 e. The van der Waals surface area contributed by atoms with E-state index in [0.29, 0.717) is 56.8 Å². The number of carboxylic acids is 1. The molecule has 0 aliphatic rings. The molecule has 51 heavy (non-hydrogen) atoms. The number of benzene rings is 4. The topological polar surface area (TPSA) is 169 Å². The highest BCUT2D eigenvalue weighted by molar-refractivity contribution is 7.81. The Labute approximate surface area is 291 Å². The van der Waals surface area contributed by atoms with Gasteiger partial charge in [0.1, 0.15) is 47.4 Å². The summed E-state index contributed by atoms with van der Waals surface area (Å²) in [6.07, 6.45) is 5.65. The maximum Gasteiger partial charge on any atom is 0.326 e. The van der Waals surface area contributed by atoms with Crippen molar-refractivity contribution in [2.75, 3.05) is 18.5 Å². The molecule has 3 N–H and O–H groups in total. The number of aliphatic carboxylic acids is 1. The van der Waals surface area contributed by atoms with Crippen LogP contribution in [0.4, 0.5) is 20.2 Å². The molecule has 0 spiro atoms. The van der Waals surface area contributed by atoms with Gasteiger partial charge in [-0.15, -0.1) is 0 Å². The molecule has 0 aliphatic carbocycles. The monoisotopic (exact) mass is 714 g/mol. The van der Waals surface area contributed by atoms with Gasteiger partial charge in [0.15, 0.2) is 0 Å². The van der Waals surface area contributed by atoms with E-state index in [1.165, 1.54) is 49.9 Å². The second-order valence-electron chi connectivity index (χ2n) is 11.0. The van der Waals surface area contributed by atoms with E-state index in [1.54, 1.807) is 54.7 Å². The average Bonchev–Trinajstić information content (AvgIpc) is 3.66. The summed E-state index contributed by atoms with van der Waals surface area (Å²) in [4.78, 5) is 33.7. The molecule has 0 saturated carbocycles. The fourth-order valence-electron chi connectivity index (χ4n) is 5.72. The fraction of sp³-hybridized carbons (Fsp3) is 0.114. The Morgan fingerprint density at radius 2 is 1.63 bits per heavy atom. The molecule has 13 nitrogen and oxygen atoms in total. The lowest BCUT2D eigenvalue weighted by atomic mass is 9.92. The summed E-state index contributed by atoms with van der Waals surface area (Å²) in [5.41, 5.74) is 1.07. The van der Waals surface area contributed by atoms with E-state index in [2.05, 4.69) is 20.4 Å². The minimum Gasteiger partial charge on any atom is -0.496 e. The standard InChI is InChI=1S/C35H28F2N6O7S/c1-49-30-4-3-5-31(50-2)32(30)25-11-6-20(24-12-13-38-17-26(24)25)14-29(35(45)46)41-34(44)33-27(36)15-23(16-28(33)37)43(51(47)48)22-9-7-21(8-10-22)42-19-39-18-40-42/h3-13,15-19,29H,14H2,1-2H3,(H,41,44)(H,45,46)(H,47,48)/t29-/m1/s1. The highest BCUT2D eigenvalue weighted by Gasteiger charge is 2.28. The van der Waals surface area contributed by atoms with Crippen LogP contribution >= 0.6 is 0 Å². The third-order valence-corrected chi connectivity index (χ3v) is 8.78. The van der Waals surface area contributed by atoms with Crippen molar-refractivity contribution < 1.29 is 41.7 Å². The number of anilines is 2. The van der Waals surface area contributed by atoms with E-state index in [1.807, 2.05) is 0 Å². The number of hydrogen-bond donors (Lipinski definition) is 3. The molecule has 0 bridgehead atoms. The van der Waals surface area contributed by atoms with Crippen LogP contribution in [0.2, 0.25) is 0 Å². The lowest BCUT2D eigenvalue weighted by Crippen LogP contribution is -2.43. The molecule has 0 radical (unpaired) electrons. The van der Waals surface area contributed by atoms with Crippen molar-refractivity contribution in [3.8, 4) is 28.3 Å². The van der Waals surface area contributed by atoms with Crippen molar-refractivity contribution in [3.05, 3.63) is 121 Å². The number of carbonyl (C=O) groups excluding carboxylic acids is 1. The Bertz CT molecular complexity index is 2230. The first-order valence-corrected chi connectivity index (χ1v) is 16.1. The molecular formula is C35H28F2N6O7S. The van der Waals surface area contributed by atoms with Crippen LogP contribution in [0.3, 0.4) is 0 Å². The highest BCUT2D eigenvalue weighted by atomic mass is 32.2. The summed E-state index contributed by atoms with van der Waals surface area (Å²) < 4.78 is 66.6. The van der Waals surface area contributed by atoms with Gasteiger partial charge in [-0.25, -0.2) is 31.8 Å². The van der Waals surface area contributed by atoms with Gasteiger partial charge in [-0.1, -0.05) is 18.2 Å². The zero-order valence-electron chi connectivity index (χ0n) is 26.9. The van der Waals surface area contributed by atoms with Crippen LogP contribution in [0.25, 0.3) is 27.6 Å². The van der Waals surface area contributed by atoms with Gasteiger partial charge in [0.25, 0.3) is 17.2 Å². The Morgan fingerprint density at radius 1 is 0.941 bits per heavy atom. The Kier molecular flexibility index (Phi) is 9.97. The number of hydrogen-bond acceptors (Lipinski definition) is 8. The van der Waals surface area contributed by atoms with E-state index in [0.717, 1.165) is 4.31 Å². The summed E-state index contributed by atoms with van der Waals surface area (Å²) in [6, 6.07) is 16.2. The summed E-state index contributed by atoms with van der Waals surface area (Å²) in [7, 11) is 3.05. The zero-order chi connectivity index (χ0) is 36.2. The minimum absolute atomic E-state index is 0.0965. The number of nitrogens with one attached hydrogen (secondary N) is 1. The van der Waals surface area contributed by atoms with E-state index < -0.39 is 46.4 Å². The van der Waals surface area contributed by atoms with Gasteiger partial charge in [0.2, 0.25) is 0 Å². The largest absolute Gasteiger partial charge is 0.496 e. The predicted octanol–water partition coefficient (Wildman–Crippen LogP) is 5.48. The van der Waals surface area contributed by atoms with Crippen molar-refractivity contribution in [3.63, 3.8) is 0 Å². The third kappa shape index (κ3) is 6.95. The Balaban J connectivity index is 1.28. The van der Waals surface area contributed by atoms with Crippen molar-refractivity contribution >= 4 is 45.3 Å². The van der Waals surface area contributed by atoms with Gasteiger partial charge in [-0.05, 0) is 71.1 Å². The molecule has 260 valence electrons. The number of fused-ring (bicyclic) bond motifs is 1.